The van der Waals surface area contributed by atoms with Crippen LogP contribution in [-0.4, -0.2) is 164 Å². The summed E-state index contributed by atoms with van der Waals surface area (Å²) in [4.78, 5) is 0. The van der Waals surface area contributed by atoms with Gasteiger partial charge >= 0.3 is 71.6 Å². The van der Waals surface area contributed by atoms with Crippen LogP contribution in [0.4, 0.5) is 114 Å². The maximum absolute atomic E-state index is 13.7. The molecule has 33 heteroatoms. The Bertz CT molecular complexity index is 1180. The van der Waals surface area contributed by atoms with Crippen molar-refractivity contribution in [1.82, 2.24) is 0 Å². The first-order chi connectivity index (χ1) is 27.2. The molecule has 0 bridgehead atoms. The highest BCUT2D eigenvalue weighted by molar-refractivity contribution is 5.11. The van der Waals surface area contributed by atoms with Gasteiger partial charge in [-0.2, -0.15) is 114 Å². The summed E-state index contributed by atoms with van der Waals surface area (Å²) in [5, 5.41) is 0. The van der Waals surface area contributed by atoms with Crippen LogP contribution in [0.25, 0.3) is 0 Å². The monoisotopic (exact) mass is 974 g/mol. The first-order valence-electron chi connectivity index (χ1n) is 16.2. The third kappa shape index (κ3) is 13.5. The minimum atomic E-state index is -8.00. The summed E-state index contributed by atoms with van der Waals surface area (Å²) in [7, 11) is 0. The van der Waals surface area contributed by atoms with Crippen molar-refractivity contribution in [2.24, 2.45) is 0 Å². The molecular weight excluding hydrogens is 942 g/mol. The van der Waals surface area contributed by atoms with E-state index in [1.54, 1.807) is 0 Å². The van der Waals surface area contributed by atoms with Crippen LogP contribution in [0.3, 0.4) is 0 Å². The maximum atomic E-state index is 13.7. The fourth-order valence-electron chi connectivity index (χ4n) is 3.74. The highest BCUT2D eigenvalue weighted by atomic mass is 19.4. The van der Waals surface area contributed by atoms with Gasteiger partial charge in [0.25, 0.3) is 0 Å². The Morgan fingerprint density at radius 1 is 0.180 bits per heavy atom. The van der Waals surface area contributed by atoms with Crippen molar-refractivity contribution in [2.75, 3.05) is 92.5 Å². The average molecular weight is 975 g/mol. The fourth-order valence-corrected chi connectivity index (χ4v) is 3.74. The molecule has 0 aliphatic carbocycles. The normalized spacial score (nSPS) is 15.2. The van der Waals surface area contributed by atoms with Gasteiger partial charge in [0.2, 0.25) is 0 Å². The van der Waals surface area contributed by atoms with E-state index in [-0.39, 0.29) is 52.9 Å². The van der Waals surface area contributed by atoms with Crippen molar-refractivity contribution in [3.05, 3.63) is 0 Å². The van der Waals surface area contributed by atoms with E-state index >= 15 is 0 Å². The lowest BCUT2D eigenvalue weighted by molar-refractivity contribution is -0.440. The van der Waals surface area contributed by atoms with Gasteiger partial charge in [-0.3, -0.25) is 0 Å². The second-order valence-corrected chi connectivity index (χ2v) is 11.8. The highest BCUT2D eigenvalue weighted by Gasteiger charge is 2.92. The lowest BCUT2D eigenvalue weighted by Crippen LogP contribution is -2.70. The van der Waals surface area contributed by atoms with Gasteiger partial charge in [0.05, 0.1) is 92.5 Å². The van der Waals surface area contributed by atoms with Crippen molar-refractivity contribution in [2.45, 2.75) is 84.4 Å². The summed E-state index contributed by atoms with van der Waals surface area (Å²) >= 11 is 0. The number of ether oxygens (including phenoxy) is 7. The molecule has 0 spiro atoms. The largest absolute Gasteiger partial charge is 0.460 e. The summed E-state index contributed by atoms with van der Waals surface area (Å²) in [6, 6.07) is 0. The van der Waals surface area contributed by atoms with Crippen LogP contribution >= 0.6 is 0 Å². The molecule has 0 aromatic heterocycles. The van der Waals surface area contributed by atoms with Gasteiger partial charge in [-0.05, 0) is 0 Å². The Kier molecular flexibility index (Phi) is 21.0. The molecule has 0 unspecified atom stereocenters. The van der Waals surface area contributed by atoms with Crippen LogP contribution < -0.4 is 0 Å². The van der Waals surface area contributed by atoms with Crippen LogP contribution in [0.1, 0.15) is 12.8 Å². The quantitative estimate of drug-likeness (QED) is 0.0492. The van der Waals surface area contributed by atoms with Crippen LogP contribution in [0.15, 0.2) is 0 Å². The van der Waals surface area contributed by atoms with Gasteiger partial charge in [-0.1, -0.05) is 0 Å². The molecule has 7 nitrogen and oxygen atoms in total. The van der Waals surface area contributed by atoms with Crippen LogP contribution in [-0.2, 0) is 33.2 Å². The van der Waals surface area contributed by atoms with Gasteiger partial charge in [0.1, 0.15) is 0 Å². The first kappa shape index (κ1) is 58.9. The van der Waals surface area contributed by atoms with Gasteiger partial charge in [-0.15, -0.1) is 0 Å². The molecule has 0 aliphatic heterocycles. The smallest absolute Gasteiger partial charge is 0.379 e. The molecule has 368 valence electrons. The zero-order chi connectivity index (χ0) is 48.3. The third-order valence-corrected chi connectivity index (χ3v) is 7.35. The van der Waals surface area contributed by atoms with Crippen molar-refractivity contribution >= 4 is 0 Å². The molecule has 61 heavy (non-hydrogen) atoms. The average Bonchev–Trinajstić information content (AvgIpc) is 3.10. The fraction of sp³-hybridized carbons (Fsp3) is 1.00. The number of alkyl halides is 26. The molecule has 0 rings (SSSR count). The molecule has 0 saturated heterocycles. The van der Waals surface area contributed by atoms with Crippen molar-refractivity contribution in [1.29, 1.82) is 0 Å². The van der Waals surface area contributed by atoms with E-state index in [0.29, 0.717) is 0 Å². The van der Waals surface area contributed by atoms with Gasteiger partial charge in [0.15, 0.2) is 0 Å². The lowest BCUT2D eigenvalue weighted by Gasteiger charge is -2.39. The van der Waals surface area contributed by atoms with Crippen molar-refractivity contribution < 1.29 is 147 Å². The maximum Gasteiger partial charge on any atom is 0.460 e. The molecule has 0 saturated carbocycles. The number of halogens is 26. The van der Waals surface area contributed by atoms with Crippen molar-refractivity contribution in [3.63, 3.8) is 0 Å². The number of rotatable bonds is 32. The first-order valence-corrected chi connectivity index (χ1v) is 16.2. The van der Waals surface area contributed by atoms with E-state index in [2.05, 4.69) is 9.47 Å². The zero-order valence-corrected chi connectivity index (χ0v) is 30.0. The molecule has 0 aromatic carbocycles. The molecule has 0 atom stereocenters. The van der Waals surface area contributed by atoms with Gasteiger partial charge in [-0.25, -0.2) is 0 Å². The second kappa shape index (κ2) is 21.7. The highest BCUT2D eigenvalue weighted by Crippen LogP contribution is 2.62. The molecule has 0 aliphatic rings. The molecule has 0 heterocycles. The Morgan fingerprint density at radius 3 is 0.492 bits per heavy atom. The summed E-state index contributed by atoms with van der Waals surface area (Å²) < 4.78 is 373. The van der Waals surface area contributed by atoms with Gasteiger partial charge in [0, 0.05) is 12.8 Å². The van der Waals surface area contributed by atoms with E-state index in [9.17, 15) is 114 Å². The Morgan fingerprint density at radius 2 is 0.328 bits per heavy atom. The summed E-state index contributed by atoms with van der Waals surface area (Å²) in [5.41, 5.74) is 0. The second-order valence-electron chi connectivity index (χ2n) is 11.8. The summed E-state index contributed by atoms with van der Waals surface area (Å²) in [5.74, 6) is -74.8. The Labute approximate surface area is 325 Å². The van der Waals surface area contributed by atoms with E-state index in [1.807, 2.05) is 0 Å². The minimum Gasteiger partial charge on any atom is -0.379 e. The number of hydrogen-bond acceptors (Lipinski definition) is 7. The van der Waals surface area contributed by atoms with E-state index in [0.717, 1.165) is 0 Å². The van der Waals surface area contributed by atoms with Crippen LogP contribution in [0.2, 0.25) is 0 Å². The number of hydrogen-bond donors (Lipinski definition) is 0. The summed E-state index contributed by atoms with van der Waals surface area (Å²) in [6.45, 7) is -6.67. The SMILES string of the molecule is FC(F)(F)C(F)(F)C(F)(F)C(F)(F)C(F)(F)C(F)(F)CCOCCOCCOCCOCCOCCOCCOCCC(F)(F)C(F)(F)C(F)(F)C(F)(F)C(F)(F)C(F)(F)F. The molecule has 0 fully saturated rings. The Balaban J connectivity index is 4.12. The molecule has 0 radical (unpaired) electrons. The zero-order valence-electron chi connectivity index (χ0n) is 30.0. The summed E-state index contributed by atoms with van der Waals surface area (Å²) in [6.07, 6.45) is -20.1. The van der Waals surface area contributed by atoms with Crippen LogP contribution in [0, 0.1) is 0 Å². The van der Waals surface area contributed by atoms with E-state index in [4.69, 9.17) is 23.7 Å². The van der Waals surface area contributed by atoms with Crippen LogP contribution in [0.5, 0.6) is 0 Å². The Hall–Kier alpha value is -2.10. The van der Waals surface area contributed by atoms with Gasteiger partial charge < -0.3 is 33.2 Å². The molecule has 0 aromatic rings. The third-order valence-electron chi connectivity index (χ3n) is 7.35. The standard InChI is InChI=1S/C28H32F26O7/c29-17(30,19(33,34)21(37,38)23(41,42)25(45,46)27(49,50)51)1-3-55-5-7-57-9-11-59-13-15-61-16-14-60-12-10-58-8-6-56-4-2-18(31,32)20(35,36)22(39,40)24(43,44)26(47,48)28(52,53)54/h1-16H2. The topological polar surface area (TPSA) is 64.6 Å². The molecular formula is C28H32F26O7. The van der Waals surface area contributed by atoms with E-state index < -0.39 is 124 Å². The molecule has 0 amide bonds. The lowest BCUT2D eigenvalue weighted by atomic mass is 9.93. The van der Waals surface area contributed by atoms with E-state index in [1.165, 1.54) is 0 Å². The molecule has 0 N–H and O–H groups in total. The van der Waals surface area contributed by atoms with Crippen molar-refractivity contribution in [3.8, 4) is 0 Å². The predicted octanol–water partition coefficient (Wildman–Crippen LogP) is 9.36. The minimum absolute atomic E-state index is 0.0525. The predicted molar refractivity (Wildman–Crippen MR) is 147 cm³/mol.